The number of esters is 2. The maximum absolute atomic E-state index is 12.8. The Hall–Kier alpha value is -3.75. The van der Waals surface area contributed by atoms with Gasteiger partial charge in [-0.1, -0.05) is 169 Å². The van der Waals surface area contributed by atoms with Crippen LogP contribution in [0.1, 0.15) is 168 Å². The molecule has 8 heteroatoms. The normalized spacial score (nSPS) is 13.8. The number of unbranched alkanes of at least 4 members (excludes halogenated alkanes) is 13. The second-order valence-electron chi connectivity index (χ2n) is 16.7. The summed E-state index contributed by atoms with van der Waals surface area (Å²) in [7, 11) is 5.51. The molecule has 0 aliphatic carbocycles. The molecule has 0 saturated carbocycles. The Kier molecular flexibility index (Phi) is 40.3. The lowest BCUT2D eigenvalue weighted by Gasteiger charge is -2.31. The fraction of sp³-hybridized carbons (Fsp3) is 0.642. The van der Waals surface area contributed by atoms with Crippen molar-refractivity contribution in [2.75, 3.05) is 41.0 Å². The second-order valence-corrected chi connectivity index (χ2v) is 16.7. The number of likely N-dealkylation sites (N-methyl/N-ethyl adjacent to an activating group) is 1. The predicted octanol–water partition coefficient (Wildman–Crippen LogP) is 13.5. The van der Waals surface area contributed by atoms with Crippen molar-refractivity contribution in [3.8, 4) is 0 Å². The molecule has 0 rings (SSSR count). The molecule has 0 aromatic carbocycles. The number of ether oxygens (including phenoxy) is 3. The highest BCUT2D eigenvalue weighted by molar-refractivity contribution is 5.72. The summed E-state index contributed by atoms with van der Waals surface area (Å²) in [6.07, 6.45) is 57.3. The monoisotopic (exact) mass is 851 g/mol. The molecule has 2 atom stereocenters. The van der Waals surface area contributed by atoms with Crippen LogP contribution in [0.2, 0.25) is 0 Å². The van der Waals surface area contributed by atoms with E-state index in [-0.39, 0.29) is 36.2 Å². The van der Waals surface area contributed by atoms with Crippen molar-refractivity contribution in [3.05, 3.63) is 97.2 Å². The topological polar surface area (TPSA) is 99.1 Å². The van der Waals surface area contributed by atoms with Gasteiger partial charge in [0.25, 0.3) is 0 Å². The largest absolute Gasteiger partial charge is 0.477 e. The molecule has 346 valence electrons. The van der Waals surface area contributed by atoms with E-state index >= 15 is 0 Å². The average Bonchev–Trinajstić information content (AvgIpc) is 3.22. The molecule has 1 N–H and O–H groups in total. The van der Waals surface area contributed by atoms with Gasteiger partial charge in [0.05, 0.1) is 34.4 Å². The average molecular weight is 851 g/mol. The highest BCUT2D eigenvalue weighted by Gasteiger charge is 2.31. The van der Waals surface area contributed by atoms with Crippen LogP contribution in [0.4, 0.5) is 0 Å². The van der Waals surface area contributed by atoms with Gasteiger partial charge in [0, 0.05) is 19.3 Å². The Labute approximate surface area is 373 Å². The van der Waals surface area contributed by atoms with E-state index in [4.69, 9.17) is 14.2 Å². The number of allylic oxidation sites excluding steroid dienone is 16. The maximum atomic E-state index is 12.8. The van der Waals surface area contributed by atoms with E-state index in [1.54, 1.807) is 0 Å². The lowest BCUT2D eigenvalue weighted by atomic mass is 10.1. The third-order valence-corrected chi connectivity index (χ3v) is 10.0. The summed E-state index contributed by atoms with van der Waals surface area (Å²) in [5.74, 6) is -1.51. The molecule has 0 radical (unpaired) electrons. The number of carboxylic acids is 1. The van der Waals surface area contributed by atoms with Crippen LogP contribution in [0.3, 0.4) is 0 Å². The first-order valence-corrected chi connectivity index (χ1v) is 23.8. The fourth-order valence-corrected chi connectivity index (χ4v) is 6.41. The van der Waals surface area contributed by atoms with Crippen LogP contribution in [-0.2, 0) is 28.6 Å². The van der Waals surface area contributed by atoms with Crippen molar-refractivity contribution in [1.29, 1.82) is 0 Å². The first-order valence-electron chi connectivity index (χ1n) is 23.8. The number of carboxylic acid groups (broad SMARTS) is 1. The van der Waals surface area contributed by atoms with Gasteiger partial charge in [0.1, 0.15) is 6.61 Å². The first kappa shape index (κ1) is 57.2. The summed E-state index contributed by atoms with van der Waals surface area (Å²) in [4.78, 5) is 37.1. The number of rotatable bonds is 41. The lowest BCUT2D eigenvalue weighted by Crippen LogP contribution is -2.50. The molecule has 0 saturated heterocycles. The Morgan fingerprint density at radius 1 is 0.508 bits per heavy atom. The van der Waals surface area contributed by atoms with Gasteiger partial charge in [-0.2, -0.15) is 0 Å². The van der Waals surface area contributed by atoms with Gasteiger partial charge in [-0.25, -0.2) is 4.79 Å². The van der Waals surface area contributed by atoms with Gasteiger partial charge in [0.15, 0.2) is 12.1 Å². The van der Waals surface area contributed by atoms with E-state index in [1.165, 1.54) is 38.5 Å². The lowest BCUT2D eigenvalue weighted by molar-refractivity contribution is -0.887. The van der Waals surface area contributed by atoms with Crippen molar-refractivity contribution in [1.82, 2.24) is 0 Å². The summed E-state index contributed by atoms with van der Waals surface area (Å²) < 4.78 is 17.3. The Balaban J connectivity index is 4.35. The molecular weight excluding hydrogens is 763 g/mol. The van der Waals surface area contributed by atoms with Crippen molar-refractivity contribution < 1.29 is 38.2 Å². The minimum absolute atomic E-state index is 0.0448. The van der Waals surface area contributed by atoms with Crippen molar-refractivity contribution >= 4 is 17.9 Å². The zero-order valence-electron chi connectivity index (χ0n) is 39.3. The van der Waals surface area contributed by atoms with Crippen LogP contribution in [0.15, 0.2) is 97.2 Å². The van der Waals surface area contributed by atoms with E-state index < -0.39 is 18.1 Å². The molecule has 8 nitrogen and oxygen atoms in total. The fourth-order valence-electron chi connectivity index (χ4n) is 6.41. The number of hydrogen-bond donors (Lipinski definition) is 1. The van der Waals surface area contributed by atoms with E-state index in [1.807, 2.05) is 21.1 Å². The van der Waals surface area contributed by atoms with Crippen LogP contribution >= 0.6 is 0 Å². The maximum Gasteiger partial charge on any atom is 0.362 e. The molecule has 0 amide bonds. The van der Waals surface area contributed by atoms with Gasteiger partial charge in [-0.05, 0) is 77.0 Å². The number of nitrogens with zero attached hydrogens (tertiary/aromatic N) is 1. The van der Waals surface area contributed by atoms with E-state index in [2.05, 4.69) is 111 Å². The molecule has 0 aliphatic heterocycles. The number of hydrogen-bond acceptors (Lipinski definition) is 6. The van der Waals surface area contributed by atoms with Crippen LogP contribution in [0.25, 0.3) is 0 Å². The zero-order chi connectivity index (χ0) is 44.9. The molecule has 0 aromatic heterocycles. The minimum atomic E-state index is -0.884. The van der Waals surface area contributed by atoms with Gasteiger partial charge in [-0.15, -0.1) is 0 Å². The molecule has 2 unspecified atom stereocenters. The van der Waals surface area contributed by atoms with E-state index in [0.29, 0.717) is 19.3 Å². The molecule has 0 fully saturated rings. The summed E-state index contributed by atoms with van der Waals surface area (Å²) >= 11 is 0. The van der Waals surface area contributed by atoms with Crippen molar-refractivity contribution in [2.45, 2.75) is 180 Å². The highest BCUT2D eigenvalue weighted by atomic mass is 16.6. The molecule has 0 bridgehead atoms. The summed E-state index contributed by atoms with van der Waals surface area (Å²) in [5, 5.41) is 9.64. The smallest absolute Gasteiger partial charge is 0.362 e. The van der Waals surface area contributed by atoms with Crippen molar-refractivity contribution in [3.63, 3.8) is 0 Å². The van der Waals surface area contributed by atoms with Crippen LogP contribution < -0.4 is 0 Å². The standard InChI is InChI=1S/C53H87NO7/c1-6-8-10-12-14-16-18-20-22-23-24-25-26-27-28-30-32-34-36-38-40-42-44-52(56)61-49(47-59-46-45-50(53(57)58)54(3,4)5)48-60-51(55)43-41-39-37-35-33-31-29-21-19-17-15-13-11-9-7-2/h8-11,13-17,19-20,22,24-25,27-28,49-50H,6-7,12,18,21,23,26,29-48H2,1-5H3/p+1/b10-8+,11-9+,15-13+,16-14+,19-17+,22-20+,25-24+,28-27+. The number of aliphatic carboxylic acids is 1. The second kappa shape index (κ2) is 42.9. The quantitative estimate of drug-likeness (QED) is 0.0215. The van der Waals surface area contributed by atoms with Gasteiger partial charge >= 0.3 is 17.9 Å². The van der Waals surface area contributed by atoms with Gasteiger partial charge in [-0.3, -0.25) is 9.59 Å². The summed E-state index contributed by atoms with van der Waals surface area (Å²) in [6, 6.07) is -0.625. The number of carbonyl (C=O) groups excluding carboxylic acids is 2. The molecule has 0 aromatic rings. The van der Waals surface area contributed by atoms with Crippen LogP contribution in [-0.4, -0.2) is 80.6 Å². The van der Waals surface area contributed by atoms with Gasteiger partial charge < -0.3 is 23.8 Å². The van der Waals surface area contributed by atoms with Gasteiger partial charge in [0.2, 0.25) is 0 Å². The SMILES string of the molecule is CC/C=C/C=C/C=C/CCCCCCCCCC(=O)OCC(COCCC(C(=O)O)[N+](C)(C)C)OC(=O)CCCCCCCC/C=C/C/C=C/C/C=C/C/C=C/C/C=C/CC. The third-order valence-electron chi connectivity index (χ3n) is 10.0. The number of carbonyl (C=O) groups is 3. The Bertz CT molecular complexity index is 1310. The molecule has 61 heavy (non-hydrogen) atoms. The summed E-state index contributed by atoms with van der Waals surface area (Å²) in [5.41, 5.74) is 0. The van der Waals surface area contributed by atoms with Crippen LogP contribution in [0, 0.1) is 0 Å². The van der Waals surface area contributed by atoms with E-state index in [9.17, 15) is 19.5 Å². The number of quaternary nitrogens is 1. The highest BCUT2D eigenvalue weighted by Crippen LogP contribution is 2.14. The molecule has 0 aliphatic rings. The zero-order valence-corrected chi connectivity index (χ0v) is 39.3. The minimum Gasteiger partial charge on any atom is -0.477 e. The predicted molar refractivity (Wildman–Crippen MR) is 256 cm³/mol. The van der Waals surface area contributed by atoms with E-state index in [0.717, 1.165) is 96.3 Å². The molecular formula is C53H88NO7+. The third kappa shape index (κ3) is 41.4. The Morgan fingerprint density at radius 3 is 1.46 bits per heavy atom. The Morgan fingerprint density at radius 2 is 0.951 bits per heavy atom. The molecule has 0 heterocycles. The van der Waals surface area contributed by atoms with Crippen molar-refractivity contribution in [2.24, 2.45) is 0 Å². The first-order chi connectivity index (χ1) is 29.6. The van der Waals surface area contributed by atoms with Crippen LogP contribution in [0.5, 0.6) is 0 Å². The molecule has 0 spiro atoms. The summed E-state index contributed by atoms with van der Waals surface area (Å²) in [6.45, 7) is 4.45.